The summed E-state index contributed by atoms with van der Waals surface area (Å²) in [6.07, 6.45) is 1.09. The molecule has 11 heavy (non-hydrogen) atoms. The van der Waals surface area contributed by atoms with Crippen molar-refractivity contribution in [1.29, 1.82) is 0 Å². The molecule has 1 radical (unpaired) electrons. The number of nitrogens with two attached hydrogens (primary N) is 1. The van der Waals surface area contributed by atoms with E-state index in [0.717, 1.165) is 6.26 Å². The van der Waals surface area contributed by atoms with Crippen LogP contribution in [0.1, 0.15) is 6.42 Å². The second-order valence-electron chi connectivity index (χ2n) is 2.39. The minimum atomic E-state index is -3.07. The highest BCUT2D eigenvalue weighted by Gasteiger charge is 2.12. The van der Waals surface area contributed by atoms with Gasteiger partial charge in [-0.2, -0.15) is 0 Å². The fourth-order valence-electron chi connectivity index (χ4n) is 0.472. The van der Waals surface area contributed by atoms with Gasteiger partial charge in [-0.05, 0) is 6.42 Å². The molecule has 0 fully saturated rings. The molecule has 0 aromatic rings. The molecule has 0 spiro atoms. The fraction of sp³-hybridized carbons (Fsp3) is 0.800. The Bertz CT molecular complexity index is 234. The summed E-state index contributed by atoms with van der Waals surface area (Å²) in [5.41, 5.74) is 11.7. The van der Waals surface area contributed by atoms with E-state index in [1.807, 2.05) is 0 Å². The minimum absolute atomic E-state index is 0.0289. The maximum atomic E-state index is 10.5. The molecule has 0 aromatic heterocycles. The van der Waals surface area contributed by atoms with Gasteiger partial charge in [-0.15, -0.1) is 0 Å². The quantitative estimate of drug-likeness (QED) is 0.570. The van der Waals surface area contributed by atoms with Crippen molar-refractivity contribution in [3.8, 4) is 0 Å². The molecule has 0 rings (SSSR count). The van der Waals surface area contributed by atoms with E-state index < -0.39 is 21.8 Å². The van der Waals surface area contributed by atoms with Crippen molar-refractivity contribution < 1.29 is 13.2 Å². The molecule has 5 nitrogen and oxygen atoms in total. The molecular weight excluding hydrogens is 168 g/mol. The third kappa shape index (κ3) is 5.81. The summed E-state index contributed by atoms with van der Waals surface area (Å²) < 4.78 is 21.1. The second-order valence-corrected chi connectivity index (χ2v) is 4.65. The molecule has 65 valence electrons. The molecule has 0 heterocycles. The van der Waals surface area contributed by atoms with Crippen LogP contribution in [0.2, 0.25) is 0 Å². The lowest BCUT2D eigenvalue weighted by Gasteiger charge is -2.03. The predicted octanol–water partition coefficient (Wildman–Crippen LogP) is -1.44. The number of hydrogen-bond donors (Lipinski definition) is 1. The van der Waals surface area contributed by atoms with Gasteiger partial charge < -0.3 is 5.73 Å². The van der Waals surface area contributed by atoms with Crippen molar-refractivity contribution >= 4 is 15.7 Å². The second kappa shape index (κ2) is 3.68. The molecule has 0 aliphatic heterocycles. The Labute approximate surface area is 65.7 Å². The third-order valence-corrected chi connectivity index (χ3v) is 2.11. The van der Waals surface area contributed by atoms with Crippen LogP contribution in [0.25, 0.3) is 0 Å². The zero-order valence-electron chi connectivity index (χ0n) is 6.20. The zero-order valence-corrected chi connectivity index (χ0v) is 7.02. The first-order valence-corrected chi connectivity index (χ1v) is 5.08. The van der Waals surface area contributed by atoms with E-state index in [9.17, 15) is 13.2 Å². The lowest BCUT2D eigenvalue weighted by molar-refractivity contribution is -0.119. The molecule has 1 amide bonds. The van der Waals surface area contributed by atoms with Gasteiger partial charge in [-0.3, -0.25) is 10.5 Å². The van der Waals surface area contributed by atoms with Crippen LogP contribution in [0.4, 0.5) is 0 Å². The summed E-state index contributed by atoms with van der Waals surface area (Å²) in [6, 6.07) is -0.968. The number of sulfone groups is 1. The molecule has 0 aliphatic rings. The number of hydrogen-bond acceptors (Lipinski definition) is 4. The van der Waals surface area contributed by atoms with E-state index in [4.69, 9.17) is 11.5 Å². The van der Waals surface area contributed by atoms with Crippen molar-refractivity contribution in [1.82, 2.24) is 5.73 Å². The van der Waals surface area contributed by atoms with E-state index in [1.165, 1.54) is 0 Å². The molecule has 1 atom stereocenters. The van der Waals surface area contributed by atoms with Crippen LogP contribution in [0, 0.1) is 0 Å². The topological polar surface area (TPSA) is 101 Å². The SMILES string of the molecule is CS(=O)(=O)CCC(N)C([NH])=O. The molecule has 0 aliphatic carbocycles. The summed E-state index contributed by atoms with van der Waals surface area (Å²) in [5.74, 6) is -1.06. The normalized spacial score (nSPS) is 14.4. The van der Waals surface area contributed by atoms with Crippen LogP contribution in [0.3, 0.4) is 0 Å². The monoisotopic (exact) mass is 179 g/mol. The van der Waals surface area contributed by atoms with E-state index in [-0.39, 0.29) is 12.2 Å². The average molecular weight is 179 g/mol. The van der Waals surface area contributed by atoms with E-state index in [1.54, 1.807) is 0 Å². The molecule has 0 aromatic carbocycles. The highest BCUT2D eigenvalue weighted by atomic mass is 32.2. The van der Waals surface area contributed by atoms with Gasteiger partial charge in [0.1, 0.15) is 9.84 Å². The fourth-order valence-corrected chi connectivity index (χ4v) is 1.15. The highest BCUT2D eigenvalue weighted by Crippen LogP contribution is 1.92. The van der Waals surface area contributed by atoms with Crippen molar-refractivity contribution in [2.75, 3.05) is 12.0 Å². The summed E-state index contributed by atoms with van der Waals surface area (Å²) in [6.45, 7) is 0. The van der Waals surface area contributed by atoms with Gasteiger partial charge in [0.2, 0.25) is 0 Å². The van der Waals surface area contributed by atoms with Crippen LogP contribution >= 0.6 is 0 Å². The van der Waals surface area contributed by atoms with Gasteiger partial charge in [-0.25, -0.2) is 8.42 Å². The lowest BCUT2D eigenvalue weighted by atomic mass is 10.2. The third-order valence-electron chi connectivity index (χ3n) is 1.14. The Kier molecular flexibility index (Phi) is 3.47. The van der Waals surface area contributed by atoms with Gasteiger partial charge in [0.15, 0.2) is 0 Å². The summed E-state index contributed by atoms with van der Waals surface area (Å²) in [4.78, 5) is 10.2. The van der Waals surface area contributed by atoms with E-state index in [0.29, 0.717) is 0 Å². The van der Waals surface area contributed by atoms with Crippen molar-refractivity contribution in [3.05, 3.63) is 0 Å². The molecule has 0 bridgehead atoms. The number of nitrogens with one attached hydrogen (secondary N) is 1. The number of carbonyl (C=O) groups is 1. The van der Waals surface area contributed by atoms with E-state index >= 15 is 0 Å². The van der Waals surface area contributed by atoms with Crippen molar-refractivity contribution in [2.45, 2.75) is 12.5 Å². The van der Waals surface area contributed by atoms with Gasteiger partial charge in [-0.1, -0.05) is 0 Å². The number of carbonyl (C=O) groups excluding carboxylic acids is 1. The molecule has 0 saturated heterocycles. The first kappa shape index (κ1) is 10.4. The van der Waals surface area contributed by atoms with Gasteiger partial charge in [0.25, 0.3) is 5.91 Å². The smallest absolute Gasteiger partial charge is 0.255 e. The van der Waals surface area contributed by atoms with Crippen LogP contribution in [0.15, 0.2) is 0 Å². The predicted molar refractivity (Wildman–Crippen MR) is 40.4 cm³/mol. The maximum absolute atomic E-state index is 10.5. The van der Waals surface area contributed by atoms with Gasteiger partial charge >= 0.3 is 0 Å². The van der Waals surface area contributed by atoms with Gasteiger partial charge in [0, 0.05) is 6.26 Å². The Morgan fingerprint density at radius 3 is 2.36 bits per heavy atom. The molecule has 6 heteroatoms. The molecule has 0 saturated carbocycles. The summed E-state index contributed by atoms with van der Waals surface area (Å²) in [5, 5.41) is 0. The first-order chi connectivity index (χ1) is 4.83. The Morgan fingerprint density at radius 2 is 2.09 bits per heavy atom. The van der Waals surface area contributed by atoms with Crippen LogP contribution < -0.4 is 11.5 Å². The van der Waals surface area contributed by atoms with Crippen molar-refractivity contribution in [2.24, 2.45) is 5.73 Å². The van der Waals surface area contributed by atoms with Crippen LogP contribution in [-0.4, -0.2) is 32.4 Å². The summed E-state index contributed by atoms with van der Waals surface area (Å²) >= 11 is 0. The Morgan fingerprint density at radius 1 is 1.64 bits per heavy atom. The van der Waals surface area contributed by atoms with E-state index in [2.05, 4.69) is 0 Å². The molecular formula is C5H11N2O3S. The Balaban J connectivity index is 3.82. The first-order valence-electron chi connectivity index (χ1n) is 3.01. The van der Waals surface area contributed by atoms with Gasteiger partial charge in [0.05, 0.1) is 11.8 Å². The van der Waals surface area contributed by atoms with Crippen molar-refractivity contribution in [3.63, 3.8) is 0 Å². The molecule has 1 unspecified atom stereocenters. The number of amides is 1. The largest absolute Gasteiger partial charge is 0.320 e. The van der Waals surface area contributed by atoms with Crippen LogP contribution in [-0.2, 0) is 14.6 Å². The lowest BCUT2D eigenvalue weighted by Crippen LogP contribution is -2.33. The molecule has 3 N–H and O–H groups in total. The number of rotatable bonds is 4. The zero-order chi connectivity index (χ0) is 9.07. The highest BCUT2D eigenvalue weighted by molar-refractivity contribution is 7.90. The van der Waals surface area contributed by atoms with Crippen LogP contribution in [0.5, 0.6) is 0 Å². The summed E-state index contributed by atoms with van der Waals surface area (Å²) in [7, 11) is -3.07. The Hall–Kier alpha value is -0.620. The average Bonchev–Trinajstić information content (AvgIpc) is 1.80. The standard InChI is InChI=1S/C5H11N2O3S/c1-11(9,10)3-2-4(6)5(7)8/h4,7H,2-3,6H2,1H3. The minimum Gasteiger partial charge on any atom is -0.320 e. The maximum Gasteiger partial charge on any atom is 0.255 e.